The maximum atomic E-state index is 12.5. The molecule has 0 saturated carbocycles. The molecule has 3 rings (SSSR count). The van der Waals surface area contributed by atoms with Crippen molar-refractivity contribution in [2.24, 2.45) is 0 Å². The van der Waals surface area contributed by atoms with Crippen LogP contribution >= 0.6 is 11.6 Å². The number of halogens is 1. The lowest BCUT2D eigenvalue weighted by Crippen LogP contribution is -2.34. The molecule has 0 bridgehead atoms. The smallest absolute Gasteiger partial charge is 0.263 e. The fourth-order valence-electron chi connectivity index (χ4n) is 3.21. The molecule has 20 heavy (non-hydrogen) atoms. The Balaban J connectivity index is 2.06. The Bertz CT molecular complexity index is 588. The second-order valence-corrected chi connectivity index (χ2v) is 5.90. The van der Waals surface area contributed by atoms with E-state index in [0.717, 1.165) is 56.4 Å². The molecule has 0 amide bonds. The molecule has 5 heteroatoms. The third kappa shape index (κ3) is 2.54. The van der Waals surface area contributed by atoms with E-state index in [1.165, 1.54) is 0 Å². The number of carbonyl (C=O) groups is 1. The van der Waals surface area contributed by atoms with Crippen LogP contribution in [0.4, 0.5) is 0 Å². The summed E-state index contributed by atoms with van der Waals surface area (Å²) in [6.07, 6.45) is 6.09. The zero-order chi connectivity index (χ0) is 14.1. The van der Waals surface area contributed by atoms with Crippen molar-refractivity contribution in [1.29, 1.82) is 0 Å². The molecule has 1 aromatic rings. The molecule has 1 aromatic heterocycles. The lowest BCUT2D eigenvalue weighted by molar-refractivity contribution is 0.0947. The average molecular weight is 296 g/mol. The Morgan fingerprint density at radius 3 is 2.85 bits per heavy atom. The molecule has 4 nitrogen and oxygen atoms in total. The van der Waals surface area contributed by atoms with Crippen molar-refractivity contribution in [3.05, 3.63) is 33.2 Å². The fraction of sp³-hybridized carbons (Fsp3) is 0.600. The molecule has 0 spiro atoms. The molecule has 1 unspecified atom stereocenters. The van der Waals surface area contributed by atoms with Gasteiger partial charge in [0.15, 0.2) is 0 Å². The molecule has 1 fully saturated rings. The van der Waals surface area contributed by atoms with Gasteiger partial charge < -0.3 is 9.30 Å². The minimum atomic E-state index is -0.663. The van der Waals surface area contributed by atoms with Crippen molar-refractivity contribution in [3.8, 4) is 0 Å². The molecular formula is C15H18ClNO3. The standard InChI is InChI=1S/C15H18ClNO3/c16-14(18)12-8-10-4-1-2-6-13(10)17(15(12)19)9-11-5-3-7-20-11/h8,11H,1-7,9H2. The predicted octanol–water partition coefficient (Wildman–Crippen LogP) is 2.29. The van der Waals surface area contributed by atoms with Gasteiger partial charge >= 0.3 is 0 Å². The SMILES string of the molecule is O=C(Cl)c1cc2c(n(CC3CCCO3)c1=O)CCCC2. The highest BCUT2D eigenvalue weighted by molar-refractivity contribution is 6.67. The van der Waals surface area contributed by atoms with Crippen LogP contribution < -0.4 is 5.56 Å². The summed E-state index contributed by atoms with van der Waals surface area (Å²) in [5, 5.41) is -0.663. The molecule has 0 radical (unpaired) electrons. The van der Waals surface area contributed by atoms with Crippen LogP contribution in [0, 0.1) is 0 Å². The topological polar surface area (TPSA) is 48.3 Å². The van der Waals surface area contributed by atoms with Crippen molar-refractivity contribution >= 4 is 16.8 Å². The number of aryl methyl sites for hydroxylation is 1. The summed E-state index contributed by atoms with van der Waals surface area (Å²) in [6.45, 7) is 1.30. The van der Waals surface area contributed by atoms with E-state index < -0.39 is 5.24 Å². The van der Waals surface area contributed by atoms with Crippen molar-refractivity contribution in [2.75, 3.05) is 6.61 Å². The summed E-state index contributed by atoms with van der Waals surface area (Å²) in [4.78, 5) is 23.9. The second-order valence-electron chi connectivity index (χ2n) is 5.56. The van der Waals surface area contributed by atoms with Gasteiger partial charge in [-0.1, -0.05) is 0 Å². The van der Waals surface area contributed by atoms with Gasteiger partial charge in [-0.2, -0.15) is 0 Å². The Hall–Kier alpha value is -1.13. The Morgan fingerprint density at radius 2 is 2.15 bits per heavy atom. The summed E-state index contributed by atoms with van der Waals surface area (Å²) >= 11 is 5.56. The monoisotopic (exact) mass is 295 g/mol. The van der Waals surface area contributed by atoms with E-state index in [-0.39, 0.29) is 17.2 Å². The van der Waals surface area contributed by atoms with Crippen LogP contribution in [-0.4, -0.2) is 22.5 Å². The number of fused-ring (bicyclic) bond motifs is 1. The summed E-state index contributed by atoms with van der Waals surface area (Å²) in [5.74, 6) is 0. The van der Waals surface area contributed by atoms with Gasteiger partial charge in [-0.3, -0.25) is 9.59 Å². The van der Waals surface area contributed by atoms with Crippen molar-refractivity contribution in [3.63, 3.8) is 0 Å². The number of carbonyl (C=O) groups excluding carboxylic acids is 1. The Kier molecular flexibility index (Phi) is 3.94. The molecule has 2 aliphatic rings. The number of aromatic nitrogens is 1. The number of pyridine rings is 1. The van der Waals surface area contributed by atoms with Crippen LogP contribution in [0.3, 0.4) is 0 Å². The molecular weight excluding hydrogens is 278 g/mol. The van der Waals surface area contributed by atoms with E-state index in [1.54, 1.807) is 10.6 Å². The summed E-state index contributed by atoms with van der Waals surface area (Å²) in [5.41, 5.74) is 2.00. The highest BCUT2D eigenvalue weighted by Gasteiger charge is 2.23. The first-order chi connectivity index (χ1) is 9.66. The maximum Gasteiger partial charge on any atom is 0.263 e. The molecule has 2 heterocycles. The number of hydrogen-bond acceptors (Lipinski definition) is 3. The fourth-order valence-corrected chi connectivity index (χ4v) is 3.34. The highest BCUT2D eigenvalue weighted by atomic mass is 35.5. The van der Waals surface area contributed by atoms with E-state index in [2.05, 4.69) is 0 Å². The van der Waals surface area contributed by atoms with Crippen LogP contribution in [0.2, 0.25) is 0 Å². The van der Waals surface area contributed by atoms with Crippen molar-refractivity contribution in [1.82, 2.24) is 4.57 Å². The lowest BCUT2D eigenvalue weighted by atomic mass is 9.94. The third-order valence-electron chi connectivity index (χ3n) is 4.22. The van der Waals surface area contributed by atoms with E-state index in [1.807, 2.05) is 0 Å². The maximum absolute atomic E-state index is 12.5. The van der Waals surface area contributed by atoms with Gasteiger partial charge in [-0.25, -0.2) is 0 Å². The molecule has 1 saturated heterocycles. The molecule has 0 N–H and O–H groups in total. The van der Waals surface area contributed by atoms with E-state index in [9.17, 15) is 9.59 Å². The van der Waals surface area contributed by atoms with Gasteiger partial charge in [0.25, 0.3) is 10.8 Å². The van der Waals surface area contributed by atoms with Gasteiger partial charge in [-0.05, 0) is 61.8 Å². The van der Waals surface area contributed by atoms with Crippen molar-refractivity contribution in [2.45, 2.75) is 51.2 Å². The van der Waals surface area contributed by atoms with E-state index in [0.29, 0.717) is 6.54 Å². The van der Waals surface area contributed by atoms with Gasteiger partial charge in [0.05, 0.1) is 18.2 Å². The average Bonchev–Trinajstić information content (AvgIpc) is 2.94. The number of rotatable bonds is 3. The molecule has 1 aliphatic carbocycles. The summed E-state index contributed by atoms with van der Waals surface area (Å²) < 4.78 is 7.36. The molecule has 1 atom stereocenters. The van der Waals surface area contributed by atoms with Gasteiger partial charge in [0, 0.05) is 12.3 Å². The van der Waals surface area contributed by atoms with Crippen LogP contribution in [0.25, 0.3) is 0 Å². The Morgan fingerprint density at radius 1 is 1.35 bits per heavy atom. The number of ether oxygens (including phenoxy) is 1. The molecule has 1 aliphatic heterocycles. The number of nitrogens with zero attached hydrogens (tertiary/aromatic N) is 1. The van der Waals surface area contributed by atoms with Crippen molar-refractivity contribution < 1.29 is 9.53 Å². The zero-order valence-corrected chi connectivity index (χ0v) is 12.1. The number of hydrogen-bond donors (Lipinski definition) is 0. The predicted molar refractivity (Wildman–Crippen MR) is 76.5 cm³/mol. The van der Waals surface area contributed by atoms with E-state index >= 15 is 0 Å². The zero-order valence-electron chi connectivity index (χ0n) is 11.4. The summed E-state index contributed by atoms with van der Waals surface area (Å²) in [7, 11) is 0. The lowest BCUT2D eigenvalue weighted by Gasteiger charge is -2.23. The first-order valence-electron chi connectivity index (χ1n) is 7.24. The minimum absolute atomic E-state index is 0.0828. The van der Waals surface area contributed by atoms with Gasteiger partial charge in [0.1, 0.15) is 0 Å². The largest absolute Gasteiger partial charge is 0.376 e. The van der Waals surface area contributed by atoms with Gasteiger partial charge in [-0.15, -0.1) is 0 Å². The highest BCUT2D eigenvalue weighted by Crippen LogP contribution is 2.23. The van der Waals surface area contributed by atoms with Gasteiger partial charge in [0.2, 0.25) is 0 Å². The molecule has 0 aromatic carbocycles. The van der Waals surface area contributed by atoms with Crippen LogP contribution in [0.5, 0.6) is 0 Å². The first-order valence-corrected chi connectivity index (χ1v) is 7.61. The minimum Gasteiger partial charge on any atom is -0.376 e. The molecule has 108 valence electrons. The van der Waals surface area contributed by atoms with Crippen LogP contribution in [0.1, 0.15) is 47.3 Å². The quantitative estimate of drug-likeness (QED) is 0.804. The first kappa shape index (κ1) is 13.8. The van der Waals surface area contributed by atoms with E-state index in [4.69, 9.17) is 16.3 Å². The Labute approximate surface area is 122 Å². The summed E-state index contributed by atoms with van der Waals surface area (Å²) in [6, 6.07) is 1.69. The second kappa shape index (κ2) is 5.70. The third-order valence-corrected chi connectivity index (χ3v) is 4.43. The van der Waals surface area contributed by atoms with Crippen LogP contribution in [0.15, 0.2) is 10.9 Å². The normalized spacial score (nSPS) is 21.8. The van der Waals surface area contributed by atoms with Crippen LogP contribution in [-0.2, 0) is 24.1 Å².